The summed E-state index contributed by atoms with van der Waals surface area (Å²) >= 11 is 0. The highest BCUT2D eigenvalue weighted by Gasteiger charge is 2.17. The summed E-state index contributed by atoms with van der Waals surface area (Å²) in [7, 11) is -0.753. The van der Waals surface area contributed by atoms with Gasteiger partial charge in [0.25, 0.3) is 15.9 Å². The van der Waals surface area contributed by atoms with Crippen molar-refractivity contribution in [3.63, 3.8) is 0 Å². The van der Waals surface area contributed by atoms with Crippen LogP contribution >= 0.6 is 0 Å². The summed E-state index contributed by atoms with van der Waals surface area (Å²) in [6.07, 6.45) is 0. The predicted molar refractivity (Wildman–Crippen MR) is 88.4 cm³/mol. The molecule has 0 unspecified atom stereocenters. The van der Waals surface area contributed by atoms with E-state index in [1.807, 2.05) is 0 Å². The molecule has 0 radical (unpaired) electrons. The molecular weight excluding hydrogens is 316 g/mol. The first-order valence-corrected chi connectivity index (χ1v) is 8.35. The third kappa shape index (κ3) is 3.81. The lowest BCUT2D eigenvalue weighted by Crippen LogP contribution is -2.20. The van der Waals surface area contributed by atoms with Gasteiger partial charge in [0.05, 0.1) is 12.0 Å². The number of amides is 1. The Morgan fingerprint density at radius 1 is 1.09 bits per heavy atom. The van der Waals surface area contributed by atoms with Gasteiger partial charge in [-0.05, 0) is 48.9 Å². The molecule has 1 amide bonds. The number of rotatable bonds is 5. The summed E-state index contributed by atoms with van der Waals surface area (Å²) in [6, 6.07) is 10.9. The highest BCUT2D eigenvalue weighted by atomic mass is 32.2. The molecule has 0 heterocycles. The van der Waals surface area contributed by atoms with Crippen LogP contribution in [-0.2, 0) is 10.0 Å². The lowest BCUT2D eigenvalue weighted by atomic mass is 10.1. The van der Waals surface area contributed by atoms with E-state index >= 15 is 0 Å². The van der Waals surface area contributed by atoms with Crippen molar-refractivity contribution in [1.82, 2.24) is 5.32 Å². The first-order chi connectivity index (χ1) is 10.9. The molecule has 6 nitrogen and oxygen atoms in total. The zero-order valence-electron chi connectivity index (χ0n) is 13.1. The van der Waals surface area contributed by atoms with Crippen LogP contribution in [0.2, 0.25) is 0 Å². The molecule has 0 saturated carbocycles. The van der Waals surface area contributed by atoms with E-state index in [1.54, 1.807) is 37.3 Å². The van der Waals surface area contributed by atoms with Crippen LogP contribution in [0.3, 0.4) is 0 Å². The van der Waals surface area contributed by atoms with E-state index in [-0.39, 0.29) is 10.8 Å². The molecule has 23 heavy (non-hydrogen) atoms. The van der Waals surface area contributed by atoms with E-state index in [0.717, 1.165) is 0 Å². The van der Waals surface area contributed by atoms with Crippen molar-refractivity contribution in [1.29, 1.82) is 0 Å². The summed E-state index contributed by atoms with van der Waals surface area (Å²) in [5, 5.41) is 2.50. The van der Waals surface area contributed by atoms with E-state index in [1.165, 1.54) is 26.3 Å². The molecule has 0 atom stereocenters. The topological polar surface area (TPSA) is 84.5 Å². The Labute approximate surface area is 135 Å². The average molecular weight is 334 g/mol. The minimum Gasteiger partial charge on any atom is -0.497 e. The molecule has 0 aliphatic rings. The molecule has 7 heteroatoms. The number of hydrogen-bond acceptors (Lipinski definition) is 4. The van der Waals surface area contributed by atoms with Gasteiger partial charge < -0.3 is 10.1 Å². The predicted octanol–water partition coefficient (Wildman–Crippen LogP) is 2.16. The minimum atomic E-state index is -3.78. The number of methoxy groups -OCH3 is 1. The Morgan fingerprint density at radius 3 is 2.30 bits per heavy atom. The quantitative estimate of drug-likeness (QED) is 0.877. The highest BCUT2D eigenvalue weighted by molar-refractivity contribution is 7.92. The second kappa shape index (κ2) is 6.70. The fourth-order valence-corrected chi connectivity index (χ4v) is 3.11. The first-order valence-electron chi connectivity index (χ1n) is 6.87. The molecule has 2 rings (SSSR count). The number of sulfonamides is 1. The van der Waals surface area contributed by atoms with Gasteiger partial charge in [-0.2, -0.15) is 0 Å². The largest absolute Gasteiger partial charge is 0.497 e. The molecule has 0 aliphatic heterocycles. The van der Waals surface area contributed by atoms with Crippen LogP contribution in [0.5, 0.6) is 5.75 Å². The molecule has 0 fully saturated rings. The molecule has 2 aromatic carbocycles. The fourth-order valence-electron chi connectivity index (χ4n) is 2.02. The summed E-state index contributed by atoms with van der Waals surface area (Å²) < 4.78 is 32.4. The van der Waals surface area contributed by atoms with Crippen molar-refractivity contribution < 1.29 is 17.9 Å². The molecule has 122 valence electrons. The lowest BCUT2D eigenvalue weighted by Gasteiger charge is -2.11. The van der Waals surface area contributed by atoms with Crippen molar-refractivity contribution in [2.24, 2.45) is 0 Å². The van der Waals surface area contributed by atoms with E-state index in [9.17, 15) is 13.2 Å². The van der Waals surface area contributed by atoms with Crippen LogP contribution in [-0.4, -0.2) is 28.5 Å². The molecule has 0 aliphatic carbocycles. The number of nitrogens with one attached hydrogen (secondary N) is 2. The second-order valence-corrected chi connectivity index (χ2v) is 6.57. The maximum atomic E-state index is 12.5. The fraction of sp³-hybridized carbons (Fsp3) is 0.188. The maximum absolute atomic E-state index is 12.5. The average Bonchev–Trinajstić information content (AvgIpc) is 2.54. The Morgan fingerprint density at radius 2 is 1.74 bits per heavy atom. The molecule has 2 N–H and O–H groups in total. The van der Waals surface area contributed by atoms with Crippen molar-refractivity contribution in [2.45, 2.75) is 11.8 Å². The van der Waals surface area contributed by atoms with Crippen LogP contribution in [0.1, 0.15) is 15.9 Å². The number of anilines is 1. The van der Waals surface area contributed by atoms with Gasteiger partial charge in [-0.25, -0.2) is 8.42 Å². The van der Waals surface area contributed by atoms with E-state index in [4.69, 9.17) is 4.74 Å². The highest BCUT2D eigenvalue weighted by Crippen LogP contribution is 2.21. The standard InChI is InChI=1S/C16H18N2O4S/c1-11-4-9-14(10-15(11)16(19)17-2)23(20,21)18-12-5-7-13(22-3)8-6-12/h4-10,18H,1-3H3,(H,17,19). The van der Waals surface area contributed by atoms with Crippen LogP contribution in [0.15, 0.2) is 47.4 Å². The summed E-state index contributed by atoms with van der Waals surface area (Å²) in [6.45, 7) is 1.75. The molecule has 0 saturated heterocycles. The van der Waals surface area contributed by atoms with E-state index in [0.29, 0.717) is 22.6 Å². The Hall–Kier alpha value is -2.54. The summed E-state index contributed by atoms with van der Waals surface area (Å²) in [5.74, 6) is 0.300. The lowest BCUT2D eigenvalue weighted by molar-refractivity contribution is 0.0962. The smallest absolute Gasteiger partial charge is 0.261 e. The Balaban J connectivity index is 2.33. The molecule has 0 bridgehead atoms. The number of hydrogen-bond donors (Lipinski definition) is 2. The number of carbonyl (C=O) groups excluding carboxylic acids is 1. The molecular formula is C16H18N2O4S. The summed E-state index contributed by atoms with van der Waals surface area (Å²) in [5.41, 5.74) is 1.44. The maximum Gasteiger partial charge on any atom is 0.261 e. The molecule has 2 aromatic rings. The zero-order valence-corrected chi connectivity index (χ0v) is 13.9. The van der Waals surface area contributed by atoms with Gasteiger partial charge in [0.1, 0.15) is 5.75 Å². The third-order valence-corrected chi connectivity index (χ3v) is 4.71. The number of aryl methyl sites for hydroxylation is 1. The molecule has 0 spiro atoms. The zero-order chi connectivity index (χ0) is 17.0. The molecule has 0 aromatic heterocycles. The van der Waals surface area contributed by atoms with Crippen molar-refractivity contribution in [2.75, 3.05) is 18.9 Å². The van der Waals surface area contributed by atoms with Gasteiger partial charge in [0.15, 0.2) is 0 Å². The van der Waals surface area contributed by atoms with Crippen LogP contribution in [0.25, 0.3) is 0 Å². The van der Waals surface area contributed by atoms with Crippen molar-refractivity contribution in [3.05, 3.63) is 53.6 Å². The number of carbonyl (C=O) groups is 1. The van der Waals surface area contributed by atoms with E-state index < -0.39 is 10.0 Å². The first kappa shape index (κ1) is 16.8. The van der Waals surface area contributed by atoms with Crippen LogP contribution < -0.4 is 14.8 Å². The third-order valence-electron chi connectivity index (χ3n) is 3.33. The van der Waals surface area contributed by atoms with Gasteiger partial charge in [-0.3, -0.25) is 9.52 Å². The van der Waals surface area contributed by atoms with Crippen molar-refractivity contribution >= 4 is 21.6 Å². The monoisotopic (exact) mass is 334 g/mol. The Bertz CT molecular complexity index is 814. The normalized spacial score (nSPS) is 10.9. The van der Waals surface area contributed by atoms with Gasteiger partial charge in [0, 0.05) is 18.3 Å². The van der Waals surface area contributed by atoms with Crippen molar-refractivity contribution in [3.8, 4) is 5.75 Å². The van der Waals surface area contributed by atoms with E-state index in [2.05, 4.69) is 10.0 Å². The number of ether oxygens (including phenoxy) is 1. The Kier molecular flexibility index (Phi) is 4.90. The summed E-state index contributed by atoms with van der Waals surface area (Å²) in [4.78, 5) is 11.8. The second-order valence-electron chi connectivity index (χ2n) is 4.89. The SMILES string of the molecule is CNC(=O)c1cc(S(=O)(=O)Nc2ccc(OC)cc2)ccc1C. The van der Waals surface area contributed by atoms with Gasteiger partial charge >= 0.3 is 0 Å². The van der Waals surface area contributed by atoms with Gasteiger partial charge in [-0.1, -0.05) is 6.07 Å². The van der Waals surface area contributed by atoms with Gasteiger partial charge in [0.2, 0.25) is 0 Å². The van der Waals surface area contributed by atoms with Crippen LogP contribution in [0, 0.1) is 6.92 Å². The van der Waals surface area contributed by atoms with Gasteiger partial charge in [-0.15, -0.1) is 0 Å². The minimum absolute atomic E-state index is 0.0255. The number of benzene rings is 2. The van der Waals surface area contributed by atoms with Crippen LogP contribution in [0.4, 0.5) is 5.69 Å².